The minimum absolute atomic E-state index is 0.00344. The van der Waals surface area contributed by atoms with Gasteiger partial charge in [-0.1, -0.05) is 11.6 Å². The van der Waals surface area contributed by atoms with E-state index in [1.165, 1.54) is 0 Å². The Bertz CT molecular complexity index is 444. The molecule has 0 saturated carbocycles. The molecule has 1 heterocycles. The van der Waals surface area contributed by atoms with Gasteiger partial charge in [-0.05, 0) is 24.6 Å². The molecule has 1 aromatic rings. The van der Waals surface area contributed by atoms with Gasteiger partial charge in [-0.2, -0.15) is 0 Å². The summed E-state index contributed by atoms with van der Waals surface area (Å²) >= 11 is 5.97. The maximum absolute atomic E-state index is 11.8. The van der Waals surface area contributed by atoms with E-state index in [2.05, 4.69) is 10.6 Å². The van der Waals surface area contributed by atoms with Crippen LogP contribution in [0.1, 0.15) is 5.56 Å². The van der Waals surface area contributed by atoms with E-state index in [9.17, 15) is 4.79 Å². The fraction of sp³-hybridized carbons (Fsp3) is 0.417. The number of ether oxygens (including phenoxy) is 1. The Morgan fingerprint density at radius 3 is 2.76 bits per heavy atom. The summed E-state index contributed by atoms with van der Waals surface area (Å²) < 4.78 is 5.27. The number of halogens is 1. The molecule has 4 nitrogen and oxygen atoms in total. The van der Waals surface area contributed by atoms with Gasteiger partial charge in [0, 0.05) is 18.1 Å². The van der Waals surface area contributed by atoms with Crippen LogP contribution in [0.15, 0.2) is 12.1 Å². The SMILES string of the molecule is COc1c(C)cc(Cl)cc1NC(=O)C1CNC1. The van der Waals surface area contributed by atoms with E-state index in [1.54, 1.807) is 19.2 Å². The van der Waals surface area contributed by atoms with Crippen LogP contribution in [0.2, 0.25) is 5.02 Å². The third-order valence-electron chi connectivity index (χ3n) is 2.85. The first-order valence-electron chi connectivity index (χ1n) is 5.47. The summed E-state index contributed by atoms with van der Waals surface area (Å²) in [7, 11) is 1.58. The van der Waals surface area contributed by atoms with E-state index in [0.29, 0.717) is 16.5 Å². The van der Waals surface area contributed by atoms with Crippen molar-refractivity contribution >= 4 is 23.2 Å². The molecule has 0 bridgehead atoms. The van der Waals surface area contributed by atoms with Gasteiger partial charge in [0.05, 0.1) is 18.7 Å². The van der Waals surface area contributed by atoms with Crippen LogP contribution in [0.4, 0.5) is 5.69 Å². The van der Waals surface area contributed by atoms with Crippen LogP contribution in [0.3, 0.4) is 0 Å². The summed E-state index contributed by atoms with van der Waals surface area (Å²) in [5, 5.41) is 6.51. The third-order valence-corrected chi connectivity index (χ3v) is 3.07. The average molecular weight is 255 g/mol. The molecule has 2 rings (SSSR count). The number of aryl methyl sites for hydroxylation is 1. The first kappa shape index (κ1) is 12.2. The van der Waals surface area contributed by atoms with Gasteiger partial charge >= 0.3 is 0 Å². The molecule has 1 fully saturated rings. The van der Waals surface area contributed by atoms with Crippen molar-refractivity contribution in [3.8, 4) is 5.75 Å². The van der Waals surface area contributed by atoms with Crippen LogP contribution < -0.4 is 15.4 Å². The fourth-order valence-electron chi connectivity index (χ4n) is 1.80. The first-order chi connectivity index (χ1) is 8.11. The minimum Gasteiger partial charge on any atom is -0.494 e. The van der Waals surface area contributed by atoms with Gasteiger partial charge < -0.3 is 15.4 Å². The van der Waals surface area contributed by atoms with Crippen molar-refractivity contribution in [1.82, 2.24) is 5.32 Å². The lowest BCUT2D eigenvalue weighted by atomic mass is 10.0. The number of carbonyl (C=O) groups excluding carboxylic acids is 1. The highest BCUT2D eigenvalue weighted by Crippen LogP contribution is 2.32. The van der Waals surface area contributed by atoms with Crippen molar-refractivity contribution in [1.29, 1.82) is 0 Å². The lowest BCUT2D eigenvalue weighted by Gasteiger charge is -2.26. The Kier molecular flexibility index (Phi) is 3.54. The van der Waals surface area contributed by atoms with Crippen LogP contribution in [0, 0.1) is 12.8 Å². The molecule has 5 heteroatoms. The normalized spacial score (nSPS) is 15.2. The summed E-state index contributed by atoms with van der Waals surface area (Å²) in [6.07, 6.45) is 0. The summed E-state index contributed by atoms with van der Waals surface area (Å²) in [6, 6.07) is 3.51. The van der Waals surface area contributed by atoms with E-state index < -0.39 is 0 Å². The van der Waals surface area contributed by atoms with E-state index in [4.69, 9.17) is 16.3 Å². The highest BCUT2D eigenvalue weighted by molar-refractivity contribution is 6.31. The van der Waals surface area contributed by atoms with E-state index in [-0.39, 0.29) is 11.8 Å². The second kappa shape index (κ2) is 4.94. The molecule has 0 atom stereocenters. The summed E-state index contributed by atoms with van der Waals surface area (Å²) in [5.74, 6) is 0.706. The number of carbonyl (C=O) groups is 1. The third kappa shape index (κ3) is 2.53. The minimum atomic E-state index is 0.00344. The van der Waals surface area contributed by atoms with E-state index >= 15 is 0 Å². The van der Waals surface area contributed by atoms with Gasteiger partial charge in [-0.3, -0.25) is 4.79 Å². The standard InChI is InChI=1S/C12H15ClN2O2/c1-7-3-9(13)4-10(11(7)17-2)15-12(16)8-5-14-6-8/h3-4,8,14H,5-6H2,1-2H3,(H,15,16). The van der Waals surface area contributed by atoms with Crippen LogP contribution in [0.25, 0.3) is 0 Å². The number of methoxy groups -OCH3 is 1. The highest BCUT2D eigenvalue weighted by Gasteiger charge is 2.25. The molecule has 0 unspecified atom stereocenters. The zero-order valence-corrected chi connectivity index (χ0v) is 10.6. The van der Waals surface area contributed by atoms with Crippen molar-refractivity contribution in [3.63, 3.8) is 0 Å². The molecule has 0 aliphatic carbocycles. The highest BCUT2D eigenvalue weighted by atomic mass is 35.5. The molecule has 0 spiro atoms. The van der Waals surface area contributed by atoms with Crippen molar-refractivity contribution in [3.05, 3.63) is 22.7 Å². The predicted molar refractivity (Wildman–Crippen MR) is 67.7 cm³/mol. The van der Waals surface area contributed by atoms with Crippen molar-refractivity contribution < 1.29 is 9.53 Å². The van der Waals surface area contributed by atoms with Crippen LogP contribution in [-0.2, 0) is 4.79 Å². The molecule has 92 valence electrons. The smallest absolute Gasteiger partial charge is 0.230 e. The molecular formula is C12H15ClN2O2. The summed E-state index contributed by atoms with van der Waals surface area (Å²) in [4.78, 5) is 11.8. The Hall–Kier alpha value is -1.26. The molecule has 1 aromatic carbocycles. The topological polar surface area (TPSA) is 50.4 Å². The number of anilines is 1. The van der Waals surface area contributed by atoms with Gasteiger partial charge in [-0.25, -0.2) is 0 Å². The van der Waals surface area contributed by atoms with Gasteiger partial charge in [0.15, 0.2) is 0 Å². The Balaban J connectivity index is 2.21. The maximum atomic E-state index is 11.8. The number of hydrogen-bond donors (Lipinski definition) is 2. The lowest BCUT2D eigenvalue weighted by molar-refractivity contribution is -0.121. The lowest BCUT2D eigenvalue weighted by Crippen LogP contribution is -2.48. The van der Waals surface area contributed by atoms with Crippen LogP contribution >= 0.6 is 11.6 Å². The summed E-state index contributed by atoms with van der Waals surface area (Å²) in [5.41, 5.74) is 1.54. The second-order valence-corrected chi connectivity index (χ2v) is 4.58. The van der Waals surface area contributed by atoms with E-state index in [0.717, 1.165) is 18.7 Å². The first-order valence-corrected chi connectivity index (χ1v) is 5.85. The van der Waals surface area contributed by atoms with E-state index in [1.807, 2.05) is 6.92 Å². The molecule has 1 aliphatic heterocycles. The van der Waals surface area contributed by atoms with Gasteiger partial charge in [0.2, 0.25) is 5.91 Å². The molecule has 0 radical (unpaired) electrons. The zero-order chi connectivity index (χ0) is 12.4. The molecule has 17 heavy (non-hydrogen) atoms. The largest absolute Gasteiger partial charge is 0.494 e. The predicted octanol–water partition coefficient (Wildman–Crippen LogP) is 1.81. The van der Waals surface area contributed by atoms with Crippen LogP contribution in [-0.4, -0.2) is 26.1 Å². The van der Waals surface area contributed by atoms with Crippen molar-refractivity contribution in [2.75, 3.05) is 25.5 Å². The number of nitrogens with one attached hydrogen (secondary N) is 2. The number of amides is 1. The Morgan fingerprint density at radius 1 is 1.53 bits per heavy atom. The maximum Gasteiger partial charge on any atom is 0.230 e. The van der Waals surface area contributed by atoms with Crippen molar-refractivity contribution in [2.45, 2.75) is 6.92 Å². The second-order valence-electron chi connectivity index (χ2n) is 4.15. The average Bonchev–Trinajstić information content (AvgIpc) is 2.13. The molecular weight excluding hydrogens is 240 g/mol. The number of rotatable bonds is 3. The molecule has 0 aromatic heterocycles. The van der Waals surface area contributed by atoms with Gasteiger partial charge in [0.1, 0.15) is 5.75 Å². The zero-order valence-electron chi connectivity index (χ0n) is 9.84. The Labute approximate surface area is 105 Å². The quantitative estimate of drug-likeness (QED) is 0.865. The molecule has 2 N–H and O–H groups in total. The molecule has 1 amide bonds. The van der Waals surface area contributed by atoms with Gasteiger partial charge in [0.25, 0.3) is 0 Å². The fourth-order valence-corrected chi connectivity index (χ4v) is 2.08. The number of hydrogen-bond acceptors (Lipinski definition) is 3. The number of benzene rings is 1. The summed E-state index contributed by atoms with van der Waals surface area (Å²) in [6.45, 7) is 3.35. The molecule has 1 aliphatic rings. The molecule has 1 saturated heterocycles. The van der Waals surface area contributed by atoms with Gasteiger partial charge in [-0.15, -0.1) is 0 Å². The Morgan fingerprint density at radius 2 is 2.24 bits per heavy atom. The van der Waals surface area contributed by atoms with Crippen molar-refractivity contribution in [2.24, 2.45) is 5.92 Å². The van der Waals surface area contributed by atoms with Crippen LogP contribution in [0.5, 0.6) is 5.75 Å². The monoisotopic (exact) mass is 254 g/mol.